The normalized spacial score (nSPS) is 11.7. The van der Waals surface area contributed by atoms with Gasteiger partial charge in [-0.3, -0.25) is 4.55 Å². The molecule has 0 saturated heterocycles. The zero-order chi connectivity index (χ0) is 37.4. The Hall–Kier alpha value is -4.82. The topological polar surface area (TPSA) is 217 Å². The van der Waals surface area contributed by atoms with Crippen molar-refractivity contribution < 1.29 is 22.8 Å². The Balaban J connectivity index is 1.55. The number of azo groups is 1. The van der Waals surface area contributed by atoms with Crippen LogP contribution >= 0.6 is 23.3 Å². The largest absolute Gasteiger partial charge is 0.495 e. The van der Waals surface area contributed by atoms with Crippen LogP contribution in [0.15, 0.2) is 68.8 Å². The van der Waals surface area contributed by atoms with Crippen LogP contribution in [-0.2, 0) is 10.1 Å². The van der Waals surface area contributed by atoms with Gasteiger partial charge in [0, 0.05) is 48.7 Å². The Morgan fingerprint density at radius 1 is 0.885 bits per heavy atom. The highest BCUT2D eigenvalue weighted by molar-refractivity contribution is 7.99. The van der Waals surface area contributed by atoms with E-state index in [-0.39, 0.29) is 24.3 Å². The Labute approximate surface area is 310 Å². The van der Waals surface area contributed by atoms with Crippen LogP contribution in [0.2, 0.25) is 0 Å². The molecule has 0 unspecified atom stereocenters. The highest BCUT2D eigenvalue weighted by Crippen LogP contribution is 2.39. The minimum atomic E-state index is -4.54. The smallest absolute Gasteiger partial charge is 0.298 e. The number of hydrogen-bond acceptors (Lipinski definition) is 17. The fourth-order valence-corrected chi connectivity index (χ4v) is 7.22. The van der Waals surface area contributed by atoms with Crippen molar-refractivity contribution in [1.82, 2.24) is 19.3 Å². The first kappa shape index (κ1) is 38.4. The van der Waals surface area contributed by atoms with Gasteiger partial charge in [-0.1, -0.05) is 11.8 Å². The maximum Gasteiger partial charge on any atom is 0.298 e. The van der Waals surface area contributed by atoms with Crippen LogP contribution in [0.5, 0.6) is 5.75 Å². The number of thioether (sulfide) groups is 1. The summed E-state index contributed by atoms with van der Waals surface area (Å²) in [5.74, 6) is 0.792. The second kappa shape index (κ2) is 17.1. The number of aliphatic hydroxyl groups is 1. The van der Waals surface area contributed by atoms with Crippen molar-refractivity contribution in [3.63, 3.8) is 0 Å². The molecule has 5 aromatic rings. The van der Waals surface area contributed by atoms with E-state index in [1.807, 2.05) is 36.4 Å². The Kier molecular flexibility index (Phi) is 12.7. The molecule has 6 N–H and O–H groups in total. The molecular formula is C33H41N11O5S3. The summed E-state index contributed by atoms with van der Waals surface area (Å²) in [7, 11) is -3.24. The zero-order valence-corrected chi connectivity index (χ0v) is 31.8. The van der Waals surface area contributed by atoms with Crippen molar-refractivity contribution in [3.8, 4) is 5.75 Å². The van der Waals surface area contributed by atoms with Crippen LogP contribution in [0.4, 0.5) is 51.0 Å². The van der Waals surface area contributed by atoms with E-state index in [1.54, 1.807) is 0 Å². The van der Waals surface area contributed by atoms with Crippen LogP contribution in [0.3, 0.4) is 0 Å². The molecule has 0 saturated carbocycles. The second-order valence-corrected chi connectivity index (χ2v) is 14.3. The van der Waals surface area contributed by atoms with E-state index in [0.717, 1.165) is 49.1 Å². The van der Waals surface area contributed by atoms with Crippen molar-refractivity contribution in [1.29, 1.82) is 0 Å². The van der Waals surface area contributed by atoms with Crippen LogP contribution in [-0.4, -0.2) is 83.1 Å². The molecule has 52 heavy (non-hydrogen) atoms. The number of nitrogens with two attached hydrogens (primary N) is 1. The number of nitrogens with one attached hydrogen (secondary N) is 2. The molecule has 2 aromatic heterocycles. The van der Waals surface area contributed by atoms with E-state index >= 15 is 0 Å². The average Bonchev–Trinajstić information content (AvgIpc) is 3.53. The van der Waals surface area contributed by atoms with Gasteiger partial charge in [0.2, 0.25) is 11.9 Å². The van der Waals surface area contributed by atoms with Crippen molar-refractivity contribution >= 4 is 95.3 Å². The summed E-state index contributed by atoms with van der Waals surface area (Å²) in [6.07, 6.45) is 0. The third-order valence-corrected chi connectivity index (χ3v) is 10.4. The van der Waals surface area contributed by atoms with Gasteiger partial charge >= 0.3 is 0 Å². The predicted octanol–water partition coefficient (Wildman–Crippen LogP) is 7.00. The van der Waals surface area contributed by atoms with Crippen molar-refractivity contribution in [2.24, 2.45) is 10.2 Å². The number of fused-ring (bicyclic) bond motifs is 1. The lowest BCUT2D eigenvalue weighted by molar-refractivity contribution is 0.322. The number of nitrogens with zero attached hydrogens (tertiary/aromatic N) is 8. The summed E-state index contributed by atoms with van der Waals surface area (Å²) in [4.78, 5) is 17.9. The van der Waals surface area contributed by atoms with Gasteiger partial charge in [0.15, 0.2) is 10.2 Å². The van der Waals surface area contributed by atoms with Gasteiger partial charge in [0.1, 0.15) is 16.3 Å². The van der Waals surface area contributed by atoms with Crippen molar-refractivity contribution in [2.45, 2.75) is 37.7 Å². The molecule has 0 amide bonds. The molecule has 0 spiro atoms. The van der Waals surface area contributed by atoms with E-state index in [0.29, 0.717) is 49.6 Å². The number of methoxy groups -OCH3 is 1. The van der Waals surface area contributed by atoms with Gasteiger partial charge in [-0.2, -0.15) is 27.7 Å². The third-order valence-electron chi connectivity index (χ3n) is 7.97. The van der Waals surface area contributed by atoms with E-state index in [1.165, 1.54) is 31.0 Å². The first-order chi connectivity index (χ1) is 25.0. The minimum Gasteiger partial charge on any atom is -0.495 e. The van der Waals surface area contributed by atoms with E-state index < -0.39 is 15.0 Å². The lowest BCUT2D eigenvalue weighted by Crippen LogP contribution is -2.21. The Bertz CT molecular complexity index is 2160. The fraction of sp³-hybridized carbons (Fsp3) is 0.333. The van der Waals surface area contributed by atoms with Crippen molar-refractivity contribution in [3.05, 3.63) is 48.5 Å². The minimum absolute atomic E-state index is 0.0479. The van der Waals surface area contributed by atoms with E-state index in [2.05, 4.69) is 77.7 Å². The summed E-state index contributed by atoms with van der Waals surface area (Å²) in [5, 5.41) is 26.4. The van der Waals surface area contributed by atoms with Gasteiger partial charge in [-0.25, -0.2) is 0 Å². The molecule has 0 fully saturated rings. The molecule has 0 aliphatic carbocycles. The molecule has 19 heteroatoms. The monoisotopic (exact) mass is 767 g/mol. The molecule has 0 radical (unpaired) electrons. The summed E-state index contributed by atoms with van der Waals surface area (Å²) >= 11 is 2.29. The van der Waals surface area contributed by atoms with Gasteiger partial charge in [-0.15, -0.1) is 10.2 Å². The number of benzene rings is 3. The number of rotatable bonds is 17. The number of ether oxygens (including phenoxy) is 1. The fourth-order valence-electron chi connectivity index (χ4n) is 5.32. The van der Waals surface area contributed by atoms with E-state index in [4.69, 9.17) is 10.5 Å². The van der Waals surface area contributed by atoms with Crippen LogP contribution < -0.4 is 30.9 Å². The van der Waals surface area contributed by atoms with Crippen LogP contribution in [0, 0.1) is 0 Å². The van der Waals surface area contributed by atoms with Gasteiger partial charge in [0.05, 0.1) is 36.3 Å². The molecule has 0 aliphatic rings. The average molecular weight is 768 g/mol. The number of aromatic nitrogens is 4. The van der Waals surface area contributed by atoms with Crippen molar-refractivity contribution in [2.75, 3.05) is 71.8 Å². The Morgan fingerprint density at radius 3 is 2.10 bits per heavy atom. The molecule has 0 bridgehead atoms. The molecular weight excluding hydrogens is 727 g/mol. The highest BCUT2D eigenvalue weighted by Gasteiger charge is 2.21. The SMILES string of the molecule is CCN(CC)c1ccc(N)c(Nc2nc(Nc3cc(N(CC)CC)ccc3N=Nc3snc4cc(S(=O)(=O)O)c(OC)cc34)nc(SCCO)n2)c1. The molecule has 3 aromatic carbocycles. The molecule has 5 rings (SSSR count). The summed E-state index contributed by atoms with van der Waals surface area (Å²) in [5.41, 5.74) is 10.8. The maximum atomic E-state index is 11.9. The van der Waals surface area contributed by atoms with Gasteiger partial charge < -0.3 is 36.0 Å². The van der Waals surface area contributed by atoms with Crippen LogP contribution in [0.1, 0.15) is 27.7 Å². The summed E-state index contributed by atoms with van der Waals surface area (Å²) < 4.78 is 43.0. The predicted molar refractivity (Wildman–Crippen MR) is 209 cm³/mol. The first-order valence-electron chi connectivity index (χ1n) is 16.5. The summed E-state index contributed by atoms with van der Waals surface area (Å²) in [6, 6.07) is 14.1. The second-order valence-electron chi connectivity index (χ2n) is 11.1. The number of nitrogen functional groups attached to an aromatic ring is 1. The zero-order valence-electron chi connectivity index (χ0n) is 29.4. The summed E-state index contributed by atoms with van der Waals surface area (Å²) in [6.45, 7) is 11.4. The quantitative estimate of drug-likeness (QED) is 0.0279. The standard InChI is InChI=1S/C33H41N11O5S3/c1-6-43(7-2)20-10-12-23(34)26(16-20)35-31-37-32(39-33(38-31)50-15-14-45)36-27-17-21(44(8-3)9-4)11-13-24(27)40-41-30-22-18-28(49-5)29(52(46,47)48)19-25(22)42-51-30/h10-13,16-19,45H,6-9,14-15,34H2,1-5H3,(H,46,47,48)(H2,35,36,37,38,39). The number of aliphatic hydroxyl groups excluding tert-OH is 1. The molecule has 276 valence electrons. The Morgan fingerprint density at radius 2 is 1.50 bits per heavy atom. The van der Waals surface area contributed by atoms with Crippen LogP contribution in [0.25, 0.3) is 10.9 Å². The lowest BCUT2D eigenvalue weighted by Gasteiger charge is -2.22. The first-order valence-corrected chi connectivity index (χ1v) is 19.6. The maximum absolute atomic E-state index is 11.9. The molecule has 2 heterocycles. The van der Waals surface area contributed by atoms with E-state index in [9.17, 15) is 18.1 Å². The molecule has 0 atom stereocenters. The third kappa shape index (κ3) is 8.96. The van der Waals surface area contributed by atoms with Gasteiger partial charge in [-0.05, 0) is 87.8 Å². The number of hydrogen-bond donors (Lipinski definition) is 5. The molecule has 16 nitrogen and oxygen atoms in total. The molecule has 0 aliphatic heterocycles. The highest BCUT2D eigenvalue weighted by atomic mass is 32.2. The lowest BCUT2D eigenvalue weighted by atomic mass is 10.2. The number of anilines is 7. The van der Waals surface area contributed by atoms with Gasteiger partial charge in [0.25, 0.3) is 10.1 Å².